The van der Waals surface area contributed by atoms with Gasteiger partial charge >= 0.3 is 6.18 Å². The molecule has 0 bridgehead atoms. The molecule has 1 amide bonds. The Balaban J connectivity index is 1.46. The molecule has 2 aromatic rings. The van der Waals surface area contributed by atoms with E-state index in [9.17, 15) is 18.0 Å². The van der Waals surface area contributed by atoms with E-state index in [2.05, 4.69) is 17.2 Å². The summed E-state index contributed by atoms with van der Waals surface area (Å²) in [5, 5.41) is 2.63. The van der Waals surface area contributed by atoms with E-state index >= 15 is 0 Å². The number of rotatable bonds is 4. The van der Waals surface area contributed by atoms with E-state index in [1.54, 1.807) is 6.07 Å². The number of halogens is 3. The summed E-state index contributed by atoms with van der Waals surface area (Å²) in [6.45, 7) is 0.264. The Kier molecular flexibility index (Phi) is 5.55. The number of nitrogens with one attached hydrogen (secondary N) is 1. The molecule has 0 unspecified atom stereocenters. The molecule has 2 aromatic carbocycles. The highest BCUT2D eigenvalue weighted by Gasteiger charge is 2.30. The van der Waals surface area contributed by atoms with E-state index in [-0.39, 0.29) is 31.2 Å². The molecule has 0 saturated carbocycles. The molecule has 0 fully saturated rings. The molecule has 0 spiro atoms. The molecule has 0 aromatic heterocycles. The van der Waals surface area contributed by atoms with Crippen molar-refractivity contribution in [3.63, 3.8) is 0 Å². The van der Waals surface area contributed by atoms with Gasteiger partial charge in [-0.05, 0) is 42.3 Å². The Hall–Kier alpha value is -3.14. The van der Waals surface area contributed by atoms with Gasteiger partial charge < -0.3 is 14.8 Å². The number of fused-ring (bicyclic) bond motifs is 1. The second kappa shape index (κ2) is 8.04. The van der Waals surface area contributed by atoms with Crippen molar-refractivity contribution in [1.29, 1.82) is 0 Å². The molecule has 4 nitrogen and oxygen atoms in total. The SMILES string of the molecule is O=C(CCc1ccc2c(c1)OCO2)NCC#Cc1cccc(C(F)(F)F)c1. The Morgan fingerprint density at radius 2 is 1.93 bits per heavy atom. The predicted octanol–water partition coefficient (Wildman–Crippen LogP) is 3.53. The minimum Gasteiger partial charge on any atom is -0.454 e. The summed E-state index contributed by atoms with van der Waals surface area (Å²) in [6, 6.07) is 10.3. The lowest BCUT2D eigenvalue weighted by Crippen LogP contribution is -2.23. The number of carbonyl (C=O) groups is 1. The molecule has 1 N–H and O–H groups in total. The predicted molar refractivity (Wildman–Crippen MR) is 92.2 cm³/mol. The Labute approximate surface area is 154 Å². The van der Waals surface area contributed by atoms with Crippen molar-refractivity contribution < 1.29 is 27.4 Å². The van der Waals surface area contributed by atoms with Crippen molar-refractivity contribution in [2.45, 2.75) is 19.0 Å². The van der Waals surface area contributed by atoms with Crippen LogP contribution in [0.3, 0.4) is 0 Å². The minimum atomic E-state index is -4.40. The Bertz CT molecular complexity index is 897. The molecular weight excluding hydrogens is 359 g/mol. The summed E-state index contributed by atoms with van der Waals surface area (Å²) in [6.07, 6.45) is -3.60. The third kappa shape index (κ3) is 5.17. The highest BCUT2D eigenvalue weighted by atomic mass is 19.4. The van der Waals surface area contributed by atoms with Gasteiger partial charge in [-0.15, -0.1) is 0 Å². The Morgan fingerprint density at radius 3 is 2.74 bits per heavy atom. The summed E-state index contributed by atoms with van der Waals surface area (Å²) in [7, 11) is 0. The van der Waals surface area contributed by atoms with Crippen LogP contribution in [0.25, 0.3) is 0 Å². The number of aryl methyl sites for hydroxylation is 1. The van der Waals surface area contributed by atoms with Gasteiger partial charge in [0.2, 0.25) is 12.7 Å². The van der Waals surface area contributed by atoms with Crippen LogP contribution < -0.4 is 14.8 Å². The van der Waals surface area contributed by atoms with Gasteiger partial charge in [0.1, 0.15) is 0 Å². The molecule has 0 atom stereocenters. The molecule has 0 saturated heterocycles. The number of benzene rings is 2. The average molecular weight is 375 g/mol. The number of hydrogen-bond acceptors (Lipinski definition) is 3. The number of carbonyl (C=O) groups excluding carboxylic acids is 1. The molecule has 7 heteroatoms. The van der Waals surface area contributed by atoms with Crippen LogP contribution in [-0.4, -0.2) is 19.2 Å². The van der Waals surface area contributed by atoms with Gasteiger partial charge in [0.25, 0.3) is 0 Å². The highest BCUT2D eigenvalue weighted by molar-refractivity contribution is 5.76. The molecule has 1 aliphatic rings. The van der Waals surface area contributed by atoms with Gasteiger partial charge in [0, 0.05) is 12.0 Å². The van der Waals surface area contributed by atoms with Gasteiger partial charge in [-0.3, -0.25) is 4.79 Å². The summed E-state index contributed by atoms with van der Waals surface area (Å²) in [4.78, 5) is 11.9. The zero-order chi connectivity index (χ0) is 19.3. The molecule has 27 heavy (non-hydrogen) atoms. The zero-order valence-corrected chi connectivity index (χ0v) is 14.2. The average Bonchev–Trinajstić information content (AvgIpc) is 3.11. The quantitative estimate of drug-likeness (QED) is 0.832. The second-order valence-electron chi connectivity index (χ2n) is 5.84. The fraction of sp³-hybridized carbons (Fsp3) is 0.250. The summed E-state index contributed by atoms with van der Waals surface area (Å²) in [5.74, 6) is 6.44. The van der Waals surface area contributed by atoms with Gasteiger partial charge in [-0.25, -0.2) is 0 Å². The van der Waals surface area contributed by atoms with Crippen molar-refractivity contribution in [2.75, 3.05) is 13.3 Å². The molecular formula is C20H16F3NO3. The van der Waals surface area contributed by atoms with Crippen LogP contribution in [0.1, 0.15) is 23.1 Å². The zero-order valence-electron chi connectivity index (χ0n) is 14.2. The summed E-state index contributed by atoms with van der Waals surface area (Å²) < 4.78 is 48.4. The fourth-order valence-electron chi connectivity index (χ4n) is 2.51. The van der Waals surface area contributed by atoms with Crippen LogP contribution in [0, 0.1) is 11.8 Å². The van der Waals surface area contributed by atoms with Crippen molar-refractivity contribution in [2.24, 2.45) is 0 Å². The largest absolute Gasteiger partial charge is 0.454 e. The number of alkyl halides is 3. The molecule has 0 aliphatic carbocycles. The number of hydrogen-bond donors (Lipinski definition) is 1. The number of amides is 1. The van der Waals surface area contributed by atoms with Gasteiger partial charge in [0.15, 0.2) is 11.5 Å². The topological polar surface area (TPSA) is 47.6 Å². The lowest BCUT2D eigenvalue weighted by atomic mass is 10.1. The van der Waals surface area contributed by atoms with Crippen molar-refractivity contribution in [3.05, 3.63) is 59.2 Å². The van der Waals surface area contributed by atoms with Crippen LogP contribution in [0.4, 0.5) is 13.2 Å². The first-order valence-corrected chi connectivity index (χ1v) is 8.23. The third-order valence-electron chi connectivity index (χ3n) is 3.87. The fourth-order valence-corrected chi connectivity index (χ4v) is 2.51. The highest BCUT2D eigenvalue weighted by Crippen LogP contribution is 2.32. The lowest BCUT2D eigenvalue weighted by molar-refractivity contribution is -0.137. The van der Waals surface area contributed by atoms with E-state index in [1.165, 1.54) is 12.1 Å². The molecule has 140 valence electrons. The van der Waals surface area contributed by atoms with Crippen molar-refractivity contribution in [1.82, 2.24) is 5.32 Å². The maximum Gasteiger partial charge on any atom is 0.416 e. The molecule has 3 rings (SSSR count). The van der Waals surface area contributed by atoms with Crippen LogP contribution >= 0.6 is 0 Å². The first-order chi connectivity index (χ1) is 12.9. The normalized spacial score (nSPS) is 12.3. The standard InChI is InChI=1S/C20H16F3NO3/c21-20(22,23)16-5-1-3-14(11-16)4-2-10-24-19(25)9-7-15-6-8-17-18(12-15)27-13-26-17/h1,3,5-6,8,11-12H,7,9-10,13H2,(H,24,25). The van der Waals surface area contributed by atoms with Crippen molar-refractivity contribution >= 4 is 5.91 Å². The van der Waals surface area contributed by atoms with E-state index in [0.29, 0.717) is 17.9 Å². The van der Waals surface area contributed by atoms with E-state index in [1.807, 2.05) is 12.1 Å². The first kappa shape index (κ1) is 18.6. The van der Waals surface area contributed by atoms with Gasteiger partial charge in [0.05, 0.1) is 12.1 Å². The first-order valence-electron chi connectivity index (χ1n) is 8.23. The summed E-state index contributed by atoms with van der Waals surface area (Å²) in [5.41, 5.74) is 0.450. The van der Waals surface area contributed by atoms with E-state index < -0.39 is 11.7 Å². The molecule has 1 heterocycles. The molecule has 0 radical (unpaired) electrons. The van der Waals surface area contributed by atoms with Crippen LogP contribution in [0.2, 0.25) is 0 Å². The van der Waals surface area contributed by atoms with Crippen LogP contribution in [0.15, 0.2) is 42.5 Å². The maximum atomic E-state index is 12.6. The Morgan fingerprint density at radius 1 is 1.11 bits per heavy atom. The van der Waals surface area contributed by atoms with Crippen molar-refractivity contribution in [3.8, 4) is 23.3 Å². The minimum absolute atomic E-state index is 0.0657. The second-order valence-corrected chi connectivity index (χ2v) is 5.84. The molecule has 1 aliphatic heterocycles. The maximum absolute atomic E-state index is 12.6. The third-order valence-corrected chi connectivity index (χ3v) is 3.87. The summed E-state index contributed by atoms with van der Waals surface area (Å²) >= 11 is 0. The van der Waals surface area contributed by atoms with Gasteiger partial charge in [-0.2, -0.15) is 13.2 Å². The van der Waals surface area contributed by atoms with E-state index in [0.717, 1.165) is 17.7 Å². The van der Waals surface area contributed by atoms with Gasteiger partial charge in [-0.1, -0.05) is 24.0 Å². The smallest absolute Gasteiger partial charge is 0.416 e. The van der Waals surface area contributed by atoms with Crippen LogP contribution in [0.5, 0.6) is 11.5 Å². The number of ether oxygens (including phenoxy) is 2. The van der Waals surface area contributed by atoms with E-state index in [4.69, 9.17) is 9.47 Å². The van der Waals surface area contributed by atoms with Crippen LogP contribution in [-0.2, 0) is 17.4 Å². The lowest BCUT2D eigenvalue weighted by Gasteiger charge is -2.05. The monoisotopic (exact) mass is 375 g/mol.